The van der Waals surface area contributed by atoms with Crippen LogP contribution in [0.5, 0.6) is 0 Å². The summed E-state index contributed by atoms with van der Waals surface area (Å²) < 4.78 is 10.7. The van der Waals surface area contributed by atoms with Crippen molar-refractivity contribution in [1.82, 2.24) is 0 Å². The summed E-state index contributed by atoms with van der Waals surface area (Å²) in [5.74, 6) is 2.85. The van der Waals surface area contributed by atoms with Crippen molar-refractivity contribution in [2.45, 2.75) is 20.8 Å². The average molecular weight is 156 g/mol. The molecule has 0 aromatic rings. The summed E-state index contributed by atoms with van der Waals surface area (Å²) in [7, 11) is -1.17. The Hall–Kier alpha value is -0.550. The third-order valence-electron chi connectivity index (χ3n) is 0.678. The van der Waals surface area contributed by atoms with Crippen molar-refractivity contribution in [2.75, 3.05) is 0 Å². The second-order valence-electron chi connectivity index (χ2n) is 2.94. The van der Waals surface area contributed by atoms with Crippen molar-refractivity contribution in [1.29, 1.82) is 0 Å². The molecule has 10 heavy (non-hydrogen) atoms. The Morgan fingerprint density at radius 3 is 2.30 bits per heavy atom. The maximum Gasteiger partial charge on any atom is 0.122 e. The molecule has 2 heteroatoms. The van der Waals surface area contributed by atoms with Gasteiger partial charge in [0.05, 0.1) is 0 Å². The molecular weight excluding hydrogens is 144 g/mol. The molecule has 1 atom stereocenters. The average Bonchev–Trinajstić information content (AvgIpc) is 1.81. The van der Waals surface area contributed by atoms with Gasteiger partial charge >= 0.3 is 0 Å². The highest BCUT2D eigenvalue weighted by molar-refractivity contribution is 7.92. The van der Waals surface area contributed by atoms with E-state index < -0.39 is 10.8 Å². The molecule has 0 aromatic heterocycles. The SMILES string of the molecule is C=CS(=O)C#CC(C)(C)C. The zero-order valence-corrected chi connectivity index (χ0v) is 7.42. The minimum Gasteiger partial charge on any atom is -0.241 e. The molecule has 0 saturated heterocycles. The van der Waals surface area contributed by atoms with E-state index in [2.05, 4.69) is 17.8 Å². The second kappa shape index (κ2) is 3.58. The molecule has 0 heterocycles. The van der Waals surface area contributed by atoms with Crippen molar-refractivity contribution in [3.8, 4) is 11.2 Å². The summed E-state index contributed by atoms with van der Waals surface area (Å²) in [4.78, 5) is 0. The standard InChI is InChI=1S/C8H12OS/c1-5-10(9)7-6-8(2,3)4/h5H,1H2,2-4H3. The Kier molecular flexibility index (Phi) is 3.38. The largest absolute Gasteiger partial charge is 0.241 e. The van der Waals surface area contributed by atoms with Gasteiger partial charge in [-0.2, -0.15) is 0 Å². The van der Waals surface area contributed by atoms with Gasteiger partial charge in [0.15, 0.2) is 0 Å². The van der Waals surface area contributed by atoms with Crippen molar-refractivity contribution in [3.63, 3.8) is 0 Å². The Morgan fingerprint density at radius 2 is 2.00 bits per heavy atom. The summed E-state index contributed by atoms with van der Waals surface area (Å²) in [5.41, 5.74) is -0.0708. The zero-order chi connectivity index (χ0) is 8.20. The molecule has 0 N–H and O–H groups in total. The first-order chi connectivity index (χ1) is 4.45. The molecule has 0 aliphatic rings. The van der Waals surface area contributed by atoms with Gasteiger partial charge < -0.3 is 0 Å². The first kappa shape index (κ1) is 9.45. The molecule has 56 valence electrons. The molecule has 1 nitrogen and oxygen atoms in total. The summed E-state index contributed by atoms with van der Waals surface area (Å²) >= 11 is 0. The Balaban J connectivity index is 4.18. The predicted octanol–water partition coefficient (Wildman–Crippen LogP) is 1.89. The summed E-state index contributed by atoms with van der Waals surface area (Å²) in [6.07, 6.45) is 0. The van der Waals surface area contributed by atoms with E-state index >= 15 is 0 Å². The third-order valence-corrected chi connectivity index (χ3v) is 1.28. The maximum absolute atomic E-state index is 10.7. The first-order valence-electron chi connectivity index (χ1n) is 3.01. The monoisotopic (exact) mass is 156 g/mol. The lowest BCUT2D eigenvalue weighted by Crippen LogP contribution is -1.99. The van der Waals surface area contributed by atoms with E-state index in [4.69, 9.17) is 0 Å². The van der Waals surface area contributed by atoms with Crippen LogP contribution in [-0.4, -0.2) is 4.21 Å². The Labute approximate surface area is 65.0 Å². The molecule has 0 aliphatic heterocycles. The molecular formula is C8H12OS. The molecule has 0 aliphatic carbocycles. The van der Waals surface area contributed by atoms with Crippen LogP contribution in [0, 0.1) is 16.6 Å². The van der Waals surface area contributed by atoms with Crippen molar-refractivity contribution >= 4 is 10.8 Å². The summed E-state index contributed by atoms with van der Waals surface area (Å²) in [6, 6.07) is 0. The van der Waals surface area contributed by atoms with Gasteiger partial charge in [0.2, 0.25) is 0 Å². The Bertz CT molecular complexity index is 200. The van der Waals surface area contributed by atoms with Crippen LogP contribution in [0.1, 0.15) is 20.8 Å². The van der Waals surface area contributed by atoms with E-state index in [1.165, 1.54) is 5.41 Å². The smallest absolute Gasteiger partial charge is 0.122 e. The van der Waals surface area contributed by atoms with E-state index in [0.717, 1.165) is 0 Å². The zero-order valence-electron chi connectivity index (χ0n) is 6.60. The fourth-order valence-corrected chi connectivity index (χ4v) is 0.735. The maximum atomic E-state index is 10.7. The molecule has 0 aromatic carbocycles. The minimum absolute atomic E-state index is 0.0708. The van der Waals surface area contributed by atoms with Gasteiger partial charge in [0.25, 0.3) is 0 Å². The molecule has 0 spiro atoms. The highest BCUT2D eigenvalue weighted by Gasteiger charge is 2.03. The van der Waals surface area contributed by atoms with Gasteiger partial charge in [0.1, 0.15) is 10.8 Å². The van der Waals surface area contributed by atoms with Crippen molar-refractivity contribution in [3.05, 3.63) is 12.0 Å². The Morgan fingerprint density at radius 1 is 1.50 bits per heavy atom. The molecule has 0 radical (unpaired) electrons. The number of hydrogen-bond donors (Lipinski definition) is 0. The fraction of sp³-hybridized carbons (Fsp3) is 0.500. The minimum atomic E-state index is -1.17. The van der Waals surface area contributed by atoms with Crippen LogP contribution in [0.15, 0.2) is 12.0 Å². The first-order valence-corrected chi connectivity index (χ1v) is 4.23. The summed E-state index contributed by atoms with van der Waals surface area (Å²) in [5, 5.41) is 3.91. The number of rotatable bonds is 1. The van der Waals surface area contributed by atoms with Gasteiger partial charge in [-0.05, 0) is 20.8 Å². The summed E-state index contributed by atoms with van der Waals surface area (Å²) in [6.45, 7) is 9.28. The van der Waals surface area contributed by atoms with Crippen LogP contribution in [-0.2, 0) is 10.8 Å². The lowest BCUT2D eigenvalue weighted by Gasteiger charge is -2.05. The fourth-order valence-electron chi connectivity index (χ4n) is 0.245. The molecule has 0 rings (SSSR count). The van der Waals surface area contributed by atoms with Crippen LogP contribution < -0.4 is 0 Å². The van der Waals surface area contributed by atoms with E-state index in [-0.39, 0.29) is 5.41 Å². The van der Waals surface area contributed by atoms with Crippen LogP contribution >= 0.6 is 0 Å². The molecule has 0 saturated carbocycles. The van der Waals surface area contributed by atoms with Gasteiger partial charge in [-0.25, -0.2) is 4.21 Å². The van der Waals surface area contributed by atoms with E-state index in [1.807, 2.05) is 20.8 Å². The van der Waals surface area contributed by atoms with E-state index in [9.17, 15) is 4.21 Å². The molecule has 1 unspecified atom stereocenters. The van der Waals surface area contributed by atoms with Crippen LogP contribution in [0.4, 0.5) is 0 Å². The lowest BCUT2D eigenvalue weighted by atomic mass is 9.99. The lowest BCUT2D eigenvalue weighted by molar-refractivity contribution is 0.571. The van der Waals surface area contributed by atoms with Gasteiger partial charge in [0, 0.05) is 16.1 Å². The highest BCUT2D eigenvalue weighted by Crippen LogP contribution is 2.09. The predicted molar refractivity (Wildman–Crippen MR) is 45.6 cm³/mol. The number of hydrogen-bond acceptors (Lipinski definition) is 1. The third kappa shape index (κ3) is 5.58. The van der Waals surface area contributed by atoms with Gasteiger partial charge in [-0.1, -0.05) is 12.5 Å². The van der Waals surface area contributed by atoms with E-state index in [0.29, 0.717) is 0 Å². The van der Waals surface area contributed by atoms with Gasteiger partial charge in [-0.3, -0.25) is 0 Å². The van der Waals surface area contributed by atoms with Crippen molar-refractivity contribution < 1.29 is 4.21 Å². The van der Waals surface area contributed by atoms with Crippen LogP contribution in [0.25, 0.3) is 0 Å². The van der Waals surface area contributed by atoms with E-state index in [1.54, 1.807) is 0 Å². The highest BCUT2D eigenvalue weighted by atomic mass is 32.2. The normalized spacial score (nSPS) is 13.1. The van der Waals surface area contributed by atoms with Crippen LogP contribution in [0.2, 0.25) is 0 Å². The molecule has 0 fully saturated rings. The quantitative estimate of drug-likeness (QED) is 0.530. The van der Waals surface area contributed by atoms with Crippen molar-refractivity contribution in [2.24, 2.45) is 5.41 Å². The molecule has 0 amide bonds. The molecule has 0 bridgehead atoms. The van der Waals surface area contributed by atoms with Gasteiger partial charge in [-0.15, -0.1) is 0 Å². The second-order valence-corrected chi connectivity index (χ2v) is 4.07. The topological polar surface area (TPSA) is 17.1 Å². The van der Waals surface area contributed by atoms with Crippen LogP contribution in [0.3, 0.4) is 0 Å².